The van der Waals surface area contributed by atoms with E-state index in [1.165, 1.54) is 0 Å². The second-order valence-electron chi connectivity index (χ2n) is 6.69. The van der Waals surface area contributed by atoms with E-state index in [1.807, 2.05) is 17.0 Å². The number of nitrogens with zero attached hydrogens (tertiary/aromatic N) is 3. The van der Waals surface area contributed by atoms with Crippen LogP contribution in [0.15, 0.2) is 49.1 Å². The lowest BCUT2D eigenvalue weighted by molar-refractivity contribution is -0.0453. The highest BCUT2D eigenvalue weighted by atomic mass is 16.6. The maximum atomic E-state index is 12.7. The van der Waals surface area contributed by atoms with Crippen molar-refractivity contribution in [3.8, 4) is 5.75 Å². The lowest BCUT2D eigenvalue weighted by atomic mass is 9.89. The van der Waals surface area contributed by atoms with Crippen LogP contribution in [0.2, 0.25) is 0 Å². The zero-order chi connectivity index (χ0) is 17.1. The second kappa shape index (κ2) is 6.80. The lowest BCUT2D eigenvalue weighted by Crippen LogP contribution is -2.50. The number of hydrogen-bond acceptors (Lipinski definition) is 5. The molecular weight excluding hydrogens is 318 g/mol. The maximum Gasteiger partial charge on any atom is 0.254 e. The number of likely N-dealkylation sites (tertiary alicyclic amines) is 1. The third-order valence-corrected chi connectivity index (χ3v) is 4.87. The van der Waals surface area contributed by atoms with Crippen LogP contribution in [-0.2, 0) is 4.74 Å². The Morgan fingerprint density at radius 2 is 2.12 bits per heavy atom. The molecule has 4 rings (SSSR count). The molecule has 4 heterocycles. The monoisotopic (exact) mass is 339 g/mol. The summed E-state index contributed by atoms with van der Waals surface area (Å²) in [5.41, 5.74) is 0.376. The van der Waals surface area contributed by atoms with E-state index in [9.17, 15) is 4.79 Å². The summed E-state index contributed by atoms with van der Waals surface area (Å²) in [7, 11) is 0. The molecule has 0 radical (unpaired) electrons. The zero-order valence-corrected chi connectivity index (χ0v) is 14.0. The predicted molar refractivity (Wildman–Crippen MR) is 91.3 cm³/mol. The highest BCUT2D eigenvalue weighted by Crippen LogP contribution is 2.36. The van der Waals surface area contributed by atoms with E-state index in [2.05, 4.69) is 9.97 Å². The van der Waals surface area contributed by atoms with Crippen LogP contribution in [0.5, 0.6) is 5.75 Å². The van der Waals surface area contributed by atoms with E-state index in [1.54, 1.807) is 36.9 Å². The summed E-state index contributed by atoms with van der Waals surface area (Å²) in [4.78, 5) is 22.7. The van der Waals surface area contributed by atoms with Crippen LogP contribution >= 0.6 is 0 Å². The minimum Gasteiger partial charge on any atom is -0.486 e. The fourth-order valence-electron chi connectivity index (χ4n) is 3.72. The van der Waals surface area contributed by atoms with Crippen LogP contribution in [-0.4, -0.2) is 52.2 Å². The summed E-state index contributed by atoms with van der Waals surface area (Å²) in [5, 5.41) is 0. The summed E-state index contributed by atoms with van der Waals surface area (Å²) in [6.45, 7) is 1.92. The van der Waals surface area contributed by atoms with Crippen LogP contribution < -0.4 is 4.74 Å². The van der Waals surface area contributed by atoms with E-state index in [-0.39, 0.29) is 17.6 Å². The number of rotatable bonds is 3. The molecule has 2 aliphatic heterocycles. The Labute approximate surface area is 146 Å². The highest BCUT2D eigenvalue weighted by molar-refractivity contribution is 5.94. The third-order valence-electron chi connectivity index (χ3n) is 4.87. The molecule has 6 heteroatoms. The Morgan fingerprint density at radius 3 is 2.92 bits per heavy atom. The summed E-state index contributed by atoms with van der Waals surface area (Å²) >= 11 is 0. The molecular formula is C19H21N3O3. The molecule has 1 amide bonds. The quantitative estimate of drug-likeness (QED) is 0.859. The van der Waals surface area contributed by atoms with Gasteiger partial charge in [0.05, 0.1) is 24.9 Å². The van der Waals surface area contributed by atoms with Crippen LogP contribution in [0.3, 0.4) is 0 Å². The van der Waals surface area contributed by atoms with Gasteiger partial charge in [0.2, 0.25) is 0 Å². The first-order valence-electron chi connectivity index (χ1n) is 8.64. The smallest absolute Gasteiger partial charge is 0.254 e. The van der Waals surface area contributed by atoms with Gasteiger partial charge in [0, 0.05) is 37.1 Å². The molecule has 2 aromatic heterocycles. The van der Waals surface area contributed by atoms with Gasteiger partial charge in [0.1, 0.15) is 11.9 Å². The molecule has 2 saturated heterocycles. The van der Waals surface area contributed by atoms with Gasteiger partial charge in [0.25, 0.3) is 5.91 Å². The van der Waals surface area contributed by atoms with E-state index >= 15 is 0 Å². The summed E-state index contributed by atoms with van der Waals surface area (Å²) < 4.78 is 12.1. The summed E-state index contributed by atoms with van der Waals surface area (Å²) in [6, 6.07) is 7.27. The SMILES string of the molecule is O=C(c1ccncc1)N1CCC[C@]2(C[C@H](Oc3cccnc3)CO2)C1. The van der Waals surface area contributed by atoms with E-state index < -0.39 is 0 Å². The molecule has 0 saturated carbocycles. The average Bonchev–Trinajstić information content (AvgIpc) is 3.04. The third kappa shape index (κ3) is 3.49. The first-order chi connectivity index (χ1) is 12.2. The lowest BCUT2D eigenvalue weighted by Gasteiger charge is -2.39. The Hall–Kier alpha value is -2.47. The number of amides is 1. The Kier molecular flexibility index (Phi) is 4.36. The number of ether oxygens (including phenoxy) is 2. The van der Waals surface area contributed by atoms with Crippen molar-refractivity contribution in [1.29, 1.82) is 0 Å². The van der Waals surface area contributed by atoms with Crippen LogP contribution in [0.25, 0.3) is 0 Å². The van der Waals surface area contributed by atoms with Gasteiger partial charge in [-0.05, 0) is 37.1 Å². The van der Waals surface area contributed by atoms with Crippen molar-refractivity contribution in [2.45, 2.75) is 31.0 Å². The fraction of sp³-hybridized carbons (Fsp3) is 0.421. The predicted octanol–water partition coefficient (Wildman–Crippen LogP) is 2.32. The van der Waals surface area contributed by atoms with Crippen molar-refractivity contribution < 1.29 is 14.3 Å². The van der Waals surface area contributed by atoms with Crippen LogP contribution in [0.1, 0.15) is 29.6 Å². The normalized spacial score (nSPS) is 25.9. The van der Waals surface area contributed by atoms with Gasteiger partial charge in [-0.1, -0.05) is 0 Å². The Morgan fingerprint density at radius 1 is 1.24 bits per heavy atom. The van der Waals surface area contributed by atoms with Gasteiger partial charge in [-0.2, -0.15) is 0 Å². The van der Waals surface area contributed by atoms with E-state index in [0.29, 0.717) is 18.7 Å². The molecule has 6 nitrogen and oxygen atoms in total. The minimum absolute atomic E-state index is 0.000164. The first kappa shape index (κ1) is 16.0. The van der Waals surface area contributed by atoms with Gasteiger partial charge in [0.15, 0.2) is 0 Å². The Balaban J connectivity index is 1.42. The molecule has 0 aliphatic carbocycles. The zero-order valence-electron chi connectivity index (χ0n) is 14.0. The van der Waals surface area contributed by atoms with Crippen LogP contribution in [0.4, 0.5) is 0 Å². The highest BCUT2D eigenvalue weighted by Gasteiger charge is 2.45. The molecule has 25 heavy (non-hydrogen) atoms. The number of carbonyl (C=O) groups excluding carboxylic acids is 1. The number of piperidine rings is 1. The van der Waals surface area contributed by atoms with Crippen molar-refractivity contribution in [1.82, 2.24) is 14.9 Å². The van der Waals surface area contributed by atoms with Crippen molar-refractivity contribution in [2.75, 3.05) is 19.7 Å². The topological polar surface area (TPSA) is 64.6 Å². The summed E-state index contributed by atoms with van der Waals surface area (Å²) in [5.74, 6) is 0.801. The molecule has 1 spiro atoms. The molecule has 130 valence electrons. The molecule has 0 unspecified atom stereocenters. The van der Waals surface area contributed by atoms with E-state index in [4.69, 9.17) is 9.47 Å². The molecule has 2 aromatic rings. The molecule has 0 bridgehead atoms. The molecule has 2 fully saturated rings. The van der Waals surface area contributed by atoms with Gasteiger partial charge in [-0.3, -0.25) is 14.8 Å². The molecule has 0 N–H and O–H groups in total. The van der Waals surface area contributed by atoms with Crippen LogP contribution in [0, 0.1) is 0 Å². The minimum atomic E-state index is -0.298. The van der Waals surface area contributed by atoms with Gasteiger partial charge < -0.3 is 14.4 Å². The van der Waals surface area contributed by atoms with Crippen molar-refractivity contribution in [3.63, 3.8) is 0 Å². The number of hydrogen-bond donors (Lipinski definition) is 0. The Bertz CT molecular complexity index is 725. The number of aromatic nitrogens is 2. The molecule has 2 atom stereocenters. The standard InChI is InChI=1S/C19H21N3O3/c23-18(15-4-8-20-9-5-15)22-10-2-6-19(14-22)11-17(13-24-19)25-16-3-1-7-21-12-16/h1,3-5,7-9,12,17H,2,6,10-11,13-14H2/t17-,19-/m0/s1. The number of pyridine rings is 2. The van der Waals surface area contributed by atoms with Gasteiger partial charge >= 0.3 is 0 Å². The number of carbonyl (C=O) groups is 1. The van der Waals surface area contributed by atoms with Crippen molar-refractivity contribution >= 4 is 5.91 Å². The van der Waals surface area contributed by atoms with Gasteiger partial charge in [-0.15, -0.1) is 0 Å². The second-order valence-corrected chi connectivity index (χ2v) is 6.69. The van der Waals surface area contributed by atoms with E-state index in [0.717, 1.165) is 31.6 Å². The maximum absolute atomic E-state index is 12.7. The summed E-state index contributed by atoms with van der Waals surface area (Å²) in [6.07, 6.45) is 9.43. The first-order valence-corrected chi connectivity index (χ1v) is 8.64. The largest absolute Gasteiger partial charge is 0.486 e. The van der Waals surface area contributed by atoms with Crippen molar-refractivity contribution in [2.24, 2.45) is 0 Å². The average molecular weight is 339 g/mol. The molecule has 0 aromatic carbocycles. The fourth-order valence-corrected chi connectivity index (χ4v) is 3.72. The molecule has 2 aliphatic rings. The van der Waals surface area contributed by atoms with Crippen molar-refractivity contribution in [3.05, 3.63) is 54.6 Å². The van der Waals surface area contributed by atoms with Gasteiger partial charge in [-0.25, -0.2) is 0 Å².